The molecular formula is C15H18N4O. The minimum atomic E-state index is 0.0245. The number of aryl methyl sites for hydroxylation is 1. The minimum Gasteiger partial charge on any atom is -0.368 e. The highest BCUT2D eigenvalue weighted by molar-refractivity contribution is 5.93. The van der Waals surface area contributed by atoms with E-state index >= 15 is 0 Å². The van der Waals surface area contributed by atoms with Crippen molar-refractivity contribution in [2.24, 2.45) is 0 Å². The molecule has 20 heavy (non-hydrogen) atoms. The number of amides is 1. The topological polar surface area (TPSA) is 52.2 Å². The van der Waals surface area contributed by atoms with E-state index in [9.17, 15) is 4.79 Å². The number of carbonyl (C=O) groups excluding carboxylic acids is 1. The molecule has 0 saturated carbocycles. The van der Waals surface area contributed by atoms with Crippen molar-refractivity contribution < 1.29 is 4.79 Å². The first-order chi connectivity index (χ1) is 9.75. The molecule has 1 aromatic carbocycles. The van der Waals surface area contributed by atoms with Gasteiger partial charge in [0, 0.05) is 37.6 Å². The minimum absolute atomic E-state index is 0.0245. The number of imidazole rings is 1. The monoisotopic (exact) mass is 270 g/mol. The Morgan fingerprint density at radius 2 is 1.85 bits per heavy atom. The van der Waals surface area contributed by atoms with E-state index in [0.717, 1.165) is 31.9 Å². The largest absolute Gasteiger partial charge is 0.368 e. The van der Waals surface area contributed by atoms with Crippen LogP contribution < -0.4 is 4.90 Å². The molecule has 0 spiro atoms. The first-order valence-corrected chi connectivity index (χ1v) is 6.85. The van der Waals surface area contributed by atoms with E-state index in [1.807, 2.05) is 30.0 Å². The Bertz CT molecular complexity index is 585. The lowest BCUT2D eigenvalue weighted by molar-refractivity contribution is 0.0740. The van der Waals surface area contributed by atoms with E-state index < -0.39 is 0 Å². The van der Waals surface area contributed by atoms with Crippen LogP contribution in [-0.4, -0.2) is 47.0 Å². The van der Waals surface area contributed by atoms with E-state index in [1.165, 1.54) is 5.69 Å². The molecule has 5 nitrogen and oxygen atoms in total. The third-order valence-corrected chi connectivity index (χ3v) is 3.72. The molecule has 1 aliphatic heterocycles. The third-order valence-electron chi connectivity index (χ3n) is 3.72. The first kappa shape index (κ1) is 12.7. The third kappa shape index (κ3) is 2.39. The molecule has 104 valence electrons. The van der Waals surface area contributed by atoms with Crippen LogP contribution in [0.5, 0.6) is 0 Å². The van der Waals surface area contributed by atoms with Crippen LogP contribution >= 0.6 is 0 Å². The summed E-state index contributed by atoms with van der Waals surface area (Å²) < 4.78 is 0. The zero-order valence-electron chi connectivity index (χ0n) is 11.5. The number of hydrogen-bond acceptors (Lipinski definition) is 3. The van der Waals surface area contributed by atoms with E-state index in [4.69, 9.17) is 0 Å². The molecule has 0 radical (unpaired) electrons. The molecule has 5 heteroatoms. The van der Waals surface area contributed by atoms with Crippen LogP contribution in [0.3, 0.4) is 0 Å². The number of para-hydroxylation sites is 1. The smallest absolute Gasteiger partial charge is 0.274 e. The maximum Gasteiger partial charge on any atom is 0.274 e. The van der Waals surface area contributed by atoms with Crippen LogP contribution in [0.4, 0.5) is 5.69 Å². The van der Waals surface area contributed by atoms with Crippen LogP contribution in [0, 0.1) is 6.92 Å². The standard InChI is InChI=1S/C15H18N4O/c1-12-14(17-11-16-12)15(20)19-9-7-18(8-10-19)13-5-3-2-4-6-13/h2-6,11H,7-10H2,1H3,(H,16,17). The molecule has 2 heterocycles. The average molecular weight is 270 g/mol. The van der Waals surface area contributed by atoms with Gasteiger partial charge in [-0.25, -0.2) is 4.98 Å². The summed E-state index contributed by atoms with van der Waals surface area (Å²) in [6.07, 6.45) is 1.57. The highest BCUT2D eigenvalue weighted by Crippen LogP contribution is 2.16. The van der Waals surface area contributed by atoms with Crippen molar-refractivity contribution in [3.05, 3.63) is 48.0 Å². The molecule has 1 aromatic heterocycles. The lowest BCUT2D eigenvalue weighted by Gasteiger charge is -2.35. The normalized spacial score (nSPS) is 15.4. The molecule has 1 amide bonds. The van der Waals surface area contributed by atoms with Gasteiger partial charge < -0.3 is 14.8 Å². The van der Waals surface area contributed by atoms with E-state index in [2.05, 4.69) is 27.0 Å². The number of hydrogen-bond donors (Lipinski definition) is 1. The molecule has 1 N–H and O–H groups in total. The second-order valence-electron chi connectivity index (χ2n) is 4.99. The van der Waals surface area contributed by atoms with Gasteiger partial charge in [-0.2, -0.15) is 0 Å². The summed E-state index contributed by atoms with van der Waals surface area (Å²) in [5.74, 6) is 0.0245. The first-order valence-electron chi connectivity index (χ1n) is 6.85. The predicted octanol–water partition coefficient (Wildman–Crippen LogP) is 1.68. The van der Waals surface area contributed by atoms with E-state index in [0.29, 0.717) is 5.69 Å². The molecule has 1 aliphatic rings. The summed E-state index contributed by atoms with van der Waals surface area (Å²) in [7, 11) is 0. The number of aromatic amines is 1. The van der Waals surface area contributed by atoms with Crippen molar-refractivity contribution in [2.45, 2.75) is 6.92 Å². The van der Waals surface area contributed by atoms with Crippen LogP contribution in [0.15, 0.2) is 36.7 Å². The summed E-state index contributed by atoms with van der Waals surface area (Å²) in [4.78, 5) is 23.6. The molecule has 1 fully saturated rings. The van der Waals surface area contributed by atoms with E-state index in [1.54, 1.807) is 6.33 Å². The predicted molar refractivity (Wildman–Crippen MR) is 77.9 cm³/mol. The SMILES string of the molecule is Cc1[nH]cnc1C(=O)N1CCN(c2ccccc2)CC1. The summed E-state index contributed by atoms with van der Waals surface area (Å²) in [5.41, 5.74) is 2.59. The molecule has 0 unspecified atom stereocenters. The Balaban J connectivity index is 1.64. The van der Waals surface area contributed by atoms with Gasteiger partial charge in [0.15, 0.2) is 0 Å². The Morgan fingerprint density at radius 3 is 2.45 bits per heavy atom. The number of nitrogens with zero attached hydrogens (tertiary/aromatic N) is 3. The van der Waals surface area contributed by atoms with Crippen LogP contribution in [-0.2, 0) is 0 Å². The number of aromatic nitrogens is 2. The average Bonchev–Trinajstić information content (AvgIpc) is 2.94. The zero-order valence-corrected chi connectivity index (χ0v) is 11.5. The number of carbonyl (C=O) groups is 1. The Hall–Kier alpha value is -2.30. The van der Waals surface area contributed by atoms with Crippen molar-refractivity contribution in [3.63, 3.8) is 0 Å². The zero-order chi connectivity index (χ0) is 13.9. The van der Waals surface area contributed by atoms with Crippen LogP contribution in [0.1, 0.15) is 16.2 Å². The Labute approximate surface area is 118 Å². The van der Waals surface area contributed by atoms with Crippen LogP contribution in [0.2, 0.25) is 0 Å². The maximum absolute atomic E-state index is 12.3. The highest BCUT2D eigenvalue weighted by Gasteiger charge is 2.24. The number of nitrogens with one attached hydrogen (secondary N) is 1. The van der Waals surface area contributed by atoms with Gasteiger partial charge in [-0.1, -0.05) is 18.2 Å². The number of H-pyrrole nitrogens is 1. The van der Waals surface area contributed by atoms with Gasteiger partial charge in [0.25, 0.3) is 5.91 Å². The fourth-order valence-corrected chi connectivity index (χ4v) is 2.53. The second kappa shape index (κ2) is 5.36. The molecule has 2 aromatic rings. The molecule has 1 saturated heterocycles. The molecular weight excluding hydrogens is 252 g/mol. The quantitative estimate of drug-likeness (QED) is 0.903. The number of benzene rings is 1. The summed E-state index contributed by atoms with van der Waals surface area (Å²) >= 11 is 0. The Morgan fingerprint density at radius 1 is 1.15 bits per heavy atom. The van der Waals surface area contributed by atoms with Crippen molar-refractivity contribution in [3.8, 4) is 0 Å². The fourth-order valence-electron chi connectivity index (χ4n) is 2.53. The maximum atomic E-state index is 12.3. The van der Waals surface area contributed by atoms with Gasteiger partial charge in [-0.15, -0.1) is 0 Å². The van der Waals surface area contributed by atoms with Gasteiger partial charge >= 0.3 is 0 Å². The summed E-state index contributed by atoms with van der Waals surface area (Å²) in [6.45, 7) is 5.07. The summed E-state index contributed by atoms with van der Waals surface area (Å²) in [5, 5.41) is 0. The number of anilines is 1. The number of piperazine rings is 1. The lowest BCUT2D eigenvalue weighted by Crippen LogP contribution is -2.49. The van der Waals surface area contributed by atoms with Crippen molar-refractivity contribution in [1.29, 1.82) is 0 Å². The van der Waals surface area contributed by atoms with Gasteiger partial charge in [-0.05, 0) is 19.1 Å². The lowest BCUT2D eigenvalue weighted by atomic mass is 10.2. The fraction of sp³-hybridized carbons (Fsp3) is 0.333. The van der Waals surface area contributed by atoms with Crippen molar-refractivity contribution in [2.75, 3.05) is 31.1 Å². The molecule has 3 rings (SSSR count). The highest BCUT2D eigenvalue weighted by atomic mass is 16.2. The van der Waals surface area contributed by atoms with E-state index in [-0.39, 0.29) is 5.91 Å². The molecule has 0 bridgehead atoms. The van der Waals surface area contributed by atoms with Gasteiger partial charge in [0.05, 0.1) is 6.33 Å². The molecule has 0 aliphatic carbocycles. The van der Waals surface area contributed by atoms with Crippen LogP contribution in [0.25, 0.3) is 0 Å². The van der Waals surface area contributed by atoms with Gasteiger partial charge in [-0.3, -0.25) is 4.79 Å². The van der Waals surface area contributed by atoms with Gasteiger partial charge in [0.2, 0.25) is 0 Å². The van der Waals surface area contributed by atoms with Crippen molar-refractivity contribution in [1.82, 2.24) is 14.9 Å². The van der Waals surface area contributed by atoms with Gasteiger partial charge in [0.1, 0.15) is 5.69 Å². The Kier molecular flexibility index (Phi) is 3.41. The second-order valence-corrected chi connectivity index (χ2v) is 4.99. The number of rotatable bonds is 2. The van der Waals surface area contributed by atoms with Crippen molar-refractivity contribution >= 4 is 11.6 Å². The summed E-state index contributed by atoms with van der Waals surface area (Å²) in [6, 6.07) is 10.3. The molecule has 0 atom stereocenters.